The molecule has 15 heavy (non-hydrogen) atoms. The minimum absolute atomic E-state index is 0.360. The van der Waals surface area contributed by atoms with Gasteiger partial charge in [0.15, 0.2) is 9.84 Å². The summed E-state index contributed by atoms with van der Waals surface area (Å²) in [5, 5.41) is 3.44. The molecular formula is C11H23NO2S. The van der Waals surface area contributed by atoms with Crippen LogP contribution in [0.25, 0.3) is 0 Å². The van der Waals surface area contributed by atoms with Gasteiger partial charge in [0.25, 0.3) is 0 Å². The van der Waals surface area contributed by atoms with E-state index in [4.69, 9.17) is 0 Å². The second-order valence-corrected chi connectivity index (χ2v) is 6.82. The minimum atomic E-state index is -2.72. The number of nitrogens with one attached hydrogen (secondary N) is 1. The van der Waals surface area contributed by atoms with E-state index in [1.165, 1.54) is 0 Å². The number of sulfone groups is 1. The van der Waals surface area contributed by atoms with Crippen LogP contribution in [0.15, 0.2) is 0 Å². The molecule has 1 rings (SSSR count). The SMILES string of the molecule is CCNC(CC)C(C)C1CCS(=O)(=O)C1. The molecular weight excluding hydrogens is 210 g/mol. The molecule has 4 heteroatoms. The van der Waals surface area contributed by atoms with Crippen LogP contribution in [0.2, 0.25) is 0 Å². The number of hydrogen-bond donors (Lipinski definition) is 1. The Kier molecular flexibility index (Phi) is 4.59. The van der Waals surface area contributed by atoms with Crippen LogP contribution < -0.4 is 5.32 Å². The molecule has 0 aromatic heterocycles. The molecule has 0 aromatic rings. The lowest BCUT2D eigenvalue weighted by Crippen LogP contribution is -2.38. The predicted molar refractivity (Wildman–Crippen MR) is 63.7 cm³/mol. The van der Waals surface area contributed by atoms with Crippen molar-refractivity contribution in [2.45, 2.75) is 39.7 Å². The fraction of sp³-hybridized carbons (Fsp3) is 1.00. The molecule has 90 valence electrons. The van der Waals surface area contributed by atoms with Gasteiger partial charge in [-0.25, -0.2) is 8.42 Å². The van der Waals surface area contributed by atoms with Gasteiger partial charge < -0.3 is 5.32 Å². The smallest absolute Gasteiger partial charge is 0.150 e. The second-order valence-electron chi connectivity index (χ2n) is 4.59. The summed E-state index contributed by atoms with van der Waals surface area (Å²) in [6.45, 7) is 7.40. The zero-order valence-electron chi connectivity index (χ0n) is 9.99. The van der Waals surface area contributed by atoms with Crippen LogP contribution in [0, 0.1) is 11.8 Å². The van der Waals surface area contributed by atoms with Gasteiger partial charge >= 0.3 is 0 Å². The number of hydrogen-bond acceptors (Lipinski definition) is 3. The van der Waals surface area contributed by atoms with Crippen LogP contribution in [0.3, 0.4) is 0 Å². The molecule has 0 aromatic carbocycles. The van der Waals surface area contributed by atoms with Gasteiger partial charge in [-0.3, -0.25) is 0 Å². The average Bonchev–Trinajstić information content (AvgIpc) is 2.54. The maximum absolute atomic E-state index is 11.4. The van der Waals surface area contributed by atoms with Gasteiger partial charge in [0, 0.05) is 6.04 Å². The molecule has 3 atom stereocenters. The molecule has 0 aliphatic carbocycles. The zero-order valence-corrected chi connectivity index (χ0v) is 10.8. The molecule has 0 spiro atoms. The monoisotopic (exact) mass is 233 g/mol. The molecule has 1 saturated heterocycles. The van der Waals surface area contributed by atoms with E-state index in [0.29, 0.717) is 29.4 Å². The lowest BCUT2D eigenvalue weighted by atomic mass is 9.86. The van der Waals surface area contributed by atoms with Gasteiger partial charge in [-0.1, -0.05) is 20.8 Å². The van der Waals surface area contributed by atoms with Crippen LogP contribution in [-0.4, -0.2) is 32.5 Å². The Hall–Kier alpha value is -0.0900. The fourth-order valence-corrected chi connectivity index (χ4v) is 4.48. The highest BCUT2D eigenvalue weighted by Gasteiger charge is 2.34. The van der Waals surface area contributed by atoms with E-state index < -0.39 is 9.84 Å². The fourth-order valence-electron chi connectivity index (χ4n) is 2.53. The van der Waals surface area contributed by atoms with Crippen molar-refractivity contribution in [3.63, 3.8) is 0 Å². The lowest BCUT2D eigenvalue weighted by Gasteiger charge is -2.27. The molecule has 1 N–H and O–H groups in total. The molecule has 1 heterocycles. The Balaban J connectivity index is 2.56. The van der Waals surface area contributed by atoms with Crippen LogP contribution in [-0.2, 0) is 9.84 Å². The van der Waals surface area contributed by atoms with Gasteiger partial charge in [0.05, 0.1) is 11.5 Å². The summed E-state index contributed by atoms with van der Waals surface area (Å²) in [4.78, 5) is 0. The van der Waals surface area contributed by atoms with E-state index in [0.717, 1.165) is 19.4 Å². The van der Waals surface area contributed by atoms with Gasteiger partial charge in [-0.2, -0.15) is 0 Å². The zero-order chi connectivity index (χ0) is 11.5. The van der Waals surface area contributed by atoms with Crippen LogP contribution in [0.1, 0.15) is 33.6 Å². The van der Waals surface area contributed by atoms with E-state index >= 15 is 0 Å². The summed E-state index contributed by atoms with van der Waals surface area (Å²) in [6.07, 6.45) is 1.93. The second kappa shape index (κ2) is 5.30. The van der Waals surface area contributed by atoms with Crippen LogP contribution in [0.4, 0.5) is 0 Å². The molecule has 1 aliphatic rings. The summed E-state index contributed by atoms with van der Waals surface area (Å²) in [5.74, 6) is 1.62. The Bertz CT molecular complexity index is 287. The third kappa shape index (κ3) is 3.45. The lowest BCUT2D eigenvalue weighted by molar-refractivity contribution is 0.284. The number of rotatable bonds is 5. The standard InChI is InChI=1S/C11H23NO2S/c1-4-11(12-5-2)9(3)10-6-7-15(13,14)8-10/h9-12H,4-8H2,1-3H3. The summed E-state index contributed by atoms with van der Waals surface area (Å²) in [5.41, 5.74) is 0. The van der Waals surface area contributed by atoms with E-state index in [9.17, 15) is 8.42 Å². The van der Waals surface area contributed by atoms with Gasteiger partial charge in [0.2, 0.25) is 0 Å². The highest BCUT2D eigenvalue weighted by Crippen LogP contribution is 2.28. The third-order valence-electron chi connectivity index (χ3n) is 3.55. The summed E-state index contributed by atoms with van der Waals surface area (Å²) in [7, 11) is -2.72. The van der Waals surface area contributed by atoms with E-state index in [1.54, 1.807) is 0 Å². The Labute approximate surface area is 93.6 Å². The molecule has 0 saturated carbocycles. The molecule has 1 aliphatic heterocycles. The molecule has 0 bridgehead atoms. The molecule has 0 amide bonds. The quantitative estimate of drug-likeness (QED) is 0.781. The summed E-state index contributed by atoms with van der Waals surface area (Å²) < 4.78 is 22.8. The first-order valence-electron chi connectivity index (χ1n) is 5.94. The molecule has 3 nitrogen and oxygen atoms in total. The van der Waals surface area contributed by atoms with Crippen molar-refractivity contribution in [2.75, 3.05) is 18.1 Å². The van der Waals surface area contributed by atoms with E-state index in [2.05, 4.69) is 26.1 Å². The third-order valence-corrected chi connectivity index (χ3v) is 5.35. The molecule has 3 unspecified atom stereocenters. The van der Waals surface area contributed by atoms with Gasteiger partial charge in [-0.05, 0) is 31.2 Å². The predicted octanol–water partition coefficient (Wildman–Crippen LogP) is 1.45. The Morgan fingerprint density at radius 1 is 1.40 bits per heavy atom. The van der Waals surface area contributed by atoms with Crippen molar-refractivity contribution in [1.82, 2.24) is 5.32 Å². The minimum Gasteiger partial charge on any atom is -0.314 e. The summed E-state index contributed by atoms with van der Waals surface area (Å²) >= 11 is 0. The average molecular weight is 233 g/mol. The topological polar surface area (TPSA) is 46.2 Å². The van der Waals surface area contributed by atoms with Crippen molar-refractivity contribution in [2.24, 2.45) is 11.8 Å². The van der Waals surface area contributed by atoms with Crippen molar-refractivity contribution in [3.05, 3.63) is 0 Å². The molecule has 1 fully saturated rings. The Morgan fingerprint density at radius 2 is 2.07 bits per heavy atom. The first kappa shape index (κ1) is 13.0. The maximum Gasteiger partial charge on any atom is 0.150 e. The van der Waals surface area contributed by atoms with E-state index in [-0.39, 0.29) is 0 Å². The summed E-state index contributed by atoms with van der Waals surface area (Å²) in [6, 6.07) is 0.466. The largest absolute Gasteiger partial charge is 0.314 e. The highest BCUT2D eigenvalue weighted by atomic mass is 32.2. The normalized spacial score (nSPS) is 28.9. The highest BCUT2D eigenvalue weighted by molar-refractivity contribution is 7.91. The van der Waals surface area contributed by atoms with Crippen molar-refractivity contribution in [3.8, 4) is 0 Å². The molecule has 0 radical (unpaired) electrons. The van der Waals surface area contributed by atoms with E-state index in [1.807, 2.05) is 0 Å². The van der Waals surface area contributed by atoms with Gasteiger partial charge in [0.1, 0.15) is 0 Å². The van der Waals surface area contributed by atoms with Crippen molar-refractivity contribution >= 4 is 9.84 Å². The maximum atomic E-state index is 11.4. The van der Waals surface area contributed by atoms with Crippen molar-refractivity contribution in [1.29, 1.82) is 0 Å². The van der Waals surface area contributed by atoms with Crippen LogP contribution in [0.5, 0.6) is 0 Å². The first-order chi connectivity index (χ1) is 7.00. The first-order valence-corrected chi connectivity index (χ1v) is 7.76. The van der Waals surface area contributed by atoms with Crippen LogP contribution >= 0.6 is 0 Å². The van der Waals surface area contributed by atoms with Gasteiger partial charge in [-0.15, -0.1) is 0 Å². The van der Waals surface area contributed by atoms with Crippen molar-refractivity contribution < 1.29 is 8.42 Å². The Morgan fingerprint density at radius 3 is 2.47 bits per heavy atom.